The Kier molecular flexibility index (Phi) is 8.32. The molecule has 0 atom stereocenters. The second kappa shape index (κ2) is 11.4. The van der Waals surface area contributed by atoms with Crippen LogP contribution in [0.15, 0.2) is 47.6 Å². The minimum atomic E-state index is 0.253. The van der Waals surface area contributed by atoms with Gasteiger partial charge in [-0.05, 0) is 49.9 Å². The second-order valence-electron chi connectivity index (χ2n) is 7.52. The summed E-state index contributed by atoms with van der Waals surface area (Å²) in [5.41, 5.74) is 2.00. The van der Waals surface area contributed by atoms with E-state index < -0.39 is 0 Å². The third-order valence-corrected chi connectivity index (χ3v) is 5.33. The molecule has 3 rings (SSSR count). The lowest BCUT2D eigenvalue weighted by molar-refractivity contribution is 0.196. The molecular weight excluding hydrogens is 378 g/mol. The predicted molar refractivity (Wildman–Crippen MR) is 120 cm³/mol. The molecule has 3 N–H and O–H groups in total. The topological polar surface area (TPSA) is 82.0 Å². The maximum absolute atomic E-state index is 10.1. The summed E-state index contributed by atoms with van der Waals surface area (Å²) in [5.74, 6) is 1.75. The van der Waals surface area contributed by atoms with Gasteiger partial charge in [0.1, 0.15) is 11.5 Å². The molecular formula is C23H33N5O2. The Morgan fingerprint density at radius 2 is 2.10 bits per heavy atom. The highest BCUT2D eigenvalue weighted by Crippen LogP contribution is 2.23. The smallest absolute Gasteiger partial charge is 0.191 e. The van der Waals surface area contributed by atoms with E-state index in [9.17, 15) is 5.11 Å². The van der Waals surface area contributed by atoms with Crippen molar-refractivity contribution in [3.63, 3.8) is 0 Å². The quantitative estimate of drug-likeness (QED) is 0.458. The van der Waals surface area contributed by atoms with Gasteiger partial charge in [0, 0.05) is 51.0 Å². The van der Waals surface area contributed by atoms with Crippen LogP contribution < -0.4 is 15.4 Å². The summed E-state index contributed by atoms with van der Waals surface area (Å²) in [6.45, 7) is 6.50. The molecule has 1 fully saturated rings. The number of guanidine groups is 1. The van der Waals surface area contributed by atoms with E-state index in [0.717, 1.165) is 56.2 Å². The van der Waals surface area contributed by atoms with Crippen LogP contribution in [-0.2, 0) is 13.0 Å². The number of hydrogen-bond acceptors (Lipinski definition) is 5. The first-order chi connectivity index (χ1) is 14.7. The van der Waals surface area contributed by atoms with Gasteiger partial charge in [-0.15, -0.1) is 0 Å². The summed E-state index contributed by atoms with van der Waals surface area (Å²) in [4.78, 5) is 11.6. The number of methoxy groups -OCH3 is 1. The largest absolute Gasteiger partial charge is 0.508 e. The molecule has 0 radical (unpaired) electrons. The van der Waals surface area contributed by atoms with E-state index in [-0.39, 0.29) is 5.75 Å². The standard InChI is InChI=1S/C23H33N5O2/c1-3-24-23(26-13-9-18-7-8-21(30-2)16-22(18)29)27-19-10-14-28(15-11-19)17-20-6-4-5-12-25-20/h4-8,12,16,19,29H,3,9-11,13-15,17H2,1-2H3,(H2,24,26,27). The number of piperidine rings is 1. The number of aromatic hydroxyl groups is 1. The van der Waals surface area contributed by atoms with E-state index in [1.165, 1.54) is 0 Å². The molecule has 7 nitrogen and oxygen atoms in total. The van der Waals surface area contributed by atoms with Crippen molar-refractivity contribution in [3.8, 4) is 11.5 Å². The minimum Gasteiger partial charge on any atom is -0.508 e. The van der Waals surface area contributed by atoms with Gasteiger partial charge in [0.05, 0.1) is 12.8 Å². The Bertz CT molecular complexity index is 804. The number of likely N-dealkylation sites (tertiary alicyclic amines) is 1. The number of aromatic nitrogens is 1. The van der Waals surface area contributed by atoms with E-state index >= 15 is 0 Å². The van der Waals surface area contributed by atoms with Crippen molar-refractivity contribution in [3.05, 3.63) is 53.9 Å². The molecule has 2 aromatic rings. The van der Waals surface area contributed by atoms with Gasteiger partial charge < -0.3 is 20.5 Å². The Morgan fingerprint density at radius 3 is 2.77 bits per heavy atom. The number of phenols is 1. The summed E-state index contributed by atoms with van der Waals surface area (Å²) in [6, 6.07) is 11.9. The number of nitrogens with one attached hydrogen (secondary N) is 2. The second-order valence-corrected chi connectivity index (χ2v) is 7.52. The van der Waals surface area contributed by atoms with Crippen LogP contribution in [0.25, 0.3) is 0 Å². The number of benzene rings is 1. The molecule has 7 heteroatoms. The number of ether oxygens (including phenoxy) is 1. The number of rotatable bonds is 8. The molecule has 1 aromatic carbocycles. The molecule has 1 saturated heterocycles. The van der Waals surface area contributed by atoms with Crippen LogP contribution >= 0.6 is 0 Å². The number of pyridine rings is 1. The van der Waals surface area contributed by atoms with Gasteiger partial charge in [0.25, 0.3) is 0 Å². The van der Waals surface area contributed by atoms with E-state index in [1.54, 1.807) is 13.2 Å². The number of phenolic OH excluding ortho intramolecular Hbond substituents is 1. The number of hydrogen-bond donors (Lipinski definition) is 3. The molecule has 0 amide bonds. The van der Waals surface area contributed by atoms with E-state index in [2.05, 4.69) is 33.5 Å². The highest BCUT2D eigenvalue weighted by Gasteiger charge is 2.20. The highest BCUT2D eigenvalue weighted by atomic mass is 16.5. The summed E-state index contributed by atoms with van der Waals surface area (Å²) < 4.78 is 5.14. The van der Waals surface area contributed by atoms with Crippen molar-refractivity contribution >= 4 is 5.96 Å². The Hall–Kier alpha value is -2.80. The third-order valence-electron chi connectivity index (χ3n) is 5.33. The molecule has 2 heterocycles. The van der Waals surface area contributed by atoms with E-state index in [4.69, 9.17) is 9.73 Å². The normalized spacial score (nSPS) is 15.7. The Morgan fingerprint density at radius 1 is 1.27 bits per heavy atom. The molecule has 0 bridgehead atoms. The summed E-state index contributed by atoms with van der Waals surface area (Å²) in [5, 5.41) is 17.0. The molecule has 1 aromatic heterocycles. The van der Waals surface area contributed by atoms with Crippen LogP contribution in [0.1, 0.15) is 31.0 Å². The Labute approximate surface area is 179 Å². The molecule has 1 aliphatic heterocycles. The predicted octanol–water partition coefficient (Wildman–Crippen LogP) is 2.56. The number of nitrogens with zero attached hydrogens (tertiary/aromatic N) is 3. The SMILES string of the molecule is CCNC(=NCCc1ccc(OC)cc1O)NC1CCN(Cc2ccccn2)CC1. The van der Waals surface area contributed by atoms with Gasteiger partial charge in [-0.1, -0.05) is 12.1 Å². The van der Waals surface area contributed by atoms with Crippen LogP contribution in [0.2, 0.25) is 0 Å². The van der Waals surface area contributed by atoms with Crippen molar-refractivity contribution in [2.24, 2.45) is 4.99 Å². The van der Waals surface area contributed by atoms with Crippen molar-refractivity contribution in [1.29, 1.82) is 0 Å². The van der Waals surface area contributed by atoms with Crippen LogP contribution in [0, 0.1) is 0 Å². The fourth-order valence-corrected chi connectivity index (χ4v) is 3.64. The monoisotopic (exact) mass is 411 g/mol. The zero-order valence-electron chi connectivity index (χ0n) is 18.0. The van der Waals surface area contributed by atoms with Gasteiger partial charge in [0.15, 0.2) is 5.96 Å². The van der Waals surface area contributed by atoms with Crippen LogP contribution in [0.3, 0.4) is 0 Å². The van der Waals surface area contributed by atoms with Gasteiger partial charge in [0.2, 0.25) is 0 Å². The molecule has 0 unspecified atom stereocenters. The lowest BCUT2D eigenvalue weighted by atomic mass is 10.0. The van der Waals surface area contributed by atoms with Gasteiger partial charge in [-0.25, -0.2) is 0 Å². The first-order valence-corrected chi connectivity index (χ1v) is 10.7. The van der Waals surface area contributed by atoms with E-state index in [1.807, 2.05) is 30.5 Å². The average molecular weight is 412 g/mol. The molecule has 0 aliphatic carbocycles. The Balaban J connectivity index is 1.47. The zero-order chi connectivity index (χ0) is 21.2. The minimum absolute atomic E-state index is 0.253. The lowest BCUT2D eigenvalue weighted by Gasteiger charge is -2.32. The summed E-state index contributed by atoms with van der Waals surface area (Å²) in [6.07, 6.45) is 4.69. The van der Waals surface area contributed by atoms with Crippen LogP contribution in [0.5, 0.6) is 11.5 Å². The summed E-state index contributed by atoms with van der Waals surface area (Å²) >= 11 is 0. The van der Waals surface area contributed by atoms with E-state index in [0.29, 0.717) is 24.8 Å². The molecule has 1 aliphatic rings. The van der Waals surface area contributed by atoms with Gasteiger partial charge in [-0.2, -0.15) is 0 Å². The number of aliphatic imine (C=N–C) groups is 1. The van der Waals surface area contributed by atoms with Gasteiger partial charge >= 0.3 is 0 Å². The fourth-order valence-electron chi connectivity index (χ4n) is 3.64. The zero-order valence-corrected chi connectivity index (χ0v) is 18.0. The highest BCUT2D eigenvalue weighted by molar-refractivity contribution is 5.80. The van der Waals surface area contributed by atoms with Crippen LogP contribution in [0.4, 0.5) is 0 Å². The third kappa shape index (κ3) is 6.62. The first-order valence-electron chi connectivity index (χ1n) is 10.7. The van der Waals surface area contributed by atoms with Crippen molar-refractivity contribution in [2.75, 3.05) is 33.3 Å². The van der Waals surface area contributed by atoms with Crippen molar-refractivity contribution in [1.82, 2.24) is 20.5 Å². The lowest BCUT2D eigenvalue weighted by Crippen LogP contribution is -2.48. The molecule has 0 saturated carbocycles. The van der Waals surface area contributed by atoms with Gasteiger partial charge in [-0.3, -0.25) is 14.9 Å². The molecule has 30 heavy (non-hydrogen) atoms. The maximum Gasteiger partial charge on any atom is 0.191 e. The average Bonchev–Trinajstić information content (AvgIpc) is 2.77. The fraction of sp³-hybridized carbons (Fsp3) is 0.478. The molecule has 0 spiro atoms. The summed E-state index contributed by atoms with van der Waals surface area (Å²) in [7, 11) is 1.59. The molecule has 162 valence electrons. The first kappa shape index (κ1) is 21.9. The maximum atomic E-state index is 10.1. The van der Waals surface area contributed by atoms with Crippen molar-refractivity contribution in [2.45, 2.75) is 38.8 Å². The van der Waals surface area contributed by atoms with Crippen LogP contribution in [-0.4, -0.2) is 60.3 Å². The van der Waals surface area contributed by atoms with Crippen molar-refractivity contribution < 1.29 is 9.84 Å².